The molecule has 7 nitrogen and oxygen atoms in total. The number of aromatic nitrogens is 2. The summed E-state index contributed by atoms with van der Waals surface area (Å²) in [4.78, 5) is 20.0. The van der Waals surface area contributed by atoms with Gasteiger partial charge in [-0.05, 0) is 82.0 Å². The normalized spacial score (nSPS) is 10.3. The van der Waals surface area contributed by atoms with Crippen LogP contribution in [0.5, 0.6) is 17.2 Å². The number of benzene rings is 1. The highest BCUT2D eigenvalue weighted by molar-refractivity contribution is 6.00. The Kier molecular flexibility index (Phi) is 7.23. The summed E-state index contributed by atoms with van der Waals surface area (Å²) in [5.74, 6) is 0.566. The number of ether oxygens (including phenoxy) is 1. The molecular weight excluding hydrogens is 394 g/mol. The molecule has 0 atom stereocenters. The quantitative estimate of drug-likeness (QED) is 0.581. The van der Waals surface area contributed by atoms with E-state index in [4.69, 9.17) is 10.5 Å². The van der Waals surface area contributed by atoms with E-state index in [1.165, 1.54) is 0 Å². The molecule has 3 rings (SSSR count). The van der Waals surface area contributed by atoms with Gasteiger partial charge in [-0.2, -0.15) is 0 Å². The van der Waals surface area contributed by atoms with Crippen molar-refractivity contribution in [1.29, 1.82) is 0 Å². The summed E-state index contributed by atoms with van der Waals surface area (Å²) in [6, 6.07) is 5.03. The molecule has 1 amide bonds. The summed E-state index contributed by atoms with van der Waals surface area (Å²) in [6.45, 7) is 11.0. The fourth-order valence-corrected chi connectivity index (χ4v) is 3.06. The second kappa shape index (κ2) is 9.47. The summed E-state index contributed by atoms with van der Waals surface area (Å²) < 4.78 is 5.21. The molecule has 2 aromatic heterocycles. The van der Waals surface area contributed by atoms with E-state index in [0.29, 0.717) is 39.7 Å². The van der Waals surface area contributed by atoms with Crippen molar-refractivity contribution in [3.05, 3.63) is 63.6 Å². The number of primary amides is 1. The molecule has 7 heteroatoms. The van der Waals surface area contributed by atoms with Crippen LogP contribution < -0.4 is 10.5 Å². The maximum Gasteiger partial charge on any atom is 0.249 e. The summed E-state index contributed by atoms with van der Waals surface area (Å²) in [6.07, 6.45) is 1.77. The lowest BCUT2D eigenvalue weighted by Gasteiger charge is -2.15. The summed E-state index contributed by atoms with van der Waals surface area (Å²) in [7, 11) is 1.55. The lowest BCUT2D eigenvalue weighted by Crippen LogP contribution is -2.13. The fourth-order valence-electron chi connectivity index (χ4n) is 3.06. The molecule has 0 saturated carbocycles. The van der Waals surface area contributed by atoms with Crippen LogP contribution in [0, 0.1) is 41.5 Å². The maximum absolute atomic E-state index is 11.6. The van der Waals surface area contributed by atoms with Crippen LogP contribution in [-0.2, 0) is 0 Å². The van der Waals surface area contributed by atoms with Crippen LogP contribution in [0.3, 0.4) is 0 Å². The number of nitrogens with zero attached hydrogens (tertiary/aromatic N) is 2. The first kappa shape index (κ1) is 23.7. The standard InChI is InChI=1S/C16H18N2O3.C8H11NO/c1-8-9(2)15(19)10(3)18-14(8)13-7-11(21-4)5-6-12(13)16(17)20;1-5-4-9-7(3)8(10)6(5)2/h5-7,19H,1-4H3,(H2,17,20);4,10H,1-3H3. The molecule has 3 aromatic rings. The van der Waals surface area contributed by atoms with E-state index in [9.17, 15) is 15.0 Å². The summed E-state index contributed by atoms with van der Waals surface area (Å²) in [5, 5.41) is 19.3. The molecule has 0 aliphatic rings. The van der Waals surface area contributed by atoms with E-state index < -0.39 is 5.91 Å². The van der Waals surface area contributed by atoms with Gasteiger partial charge in [0.2, 0.25) is 5.91 Å². The number of methoxy groups -OCH3 is 1. The van der Waals surface area contributed by atoms with Crippen molar-refractivity contribution in [2.75, 3.05) is 7.11 Å². The maximum atomic E-state index is 11.6. The fraction of sp³-hybridized carbons (Fsp3) is 0.292. The second-order valence-electron chi connectivity index (χ2n) is 7.42. The average Bonchev–Trinajstić information content (AvgIpc) is 2.75. The topological polar surface area (TPSA) is 119 Å². The molecule has 164 valence electrons. The molecule has 0 aliphatic heterocycles. The minimum atomic E-state index is -0.530. The van der Waals surface area contributed by atoms with E-state index in [2.05, 4.69) is 9.97 Å². The van der Waals surface area contributed by atoms with Gasteiger partial charge in [0.25, 0.3) is 0 Å². The number of carbonyl (C=O) groups is 1. The van der Waals surface area contributed by atoms with Gasteiger partial charge in [0.1, 0.15) is 17.2 Å². The monoisotopic (exact) mass is 423 g/mol. The van der Waals surface area contributed by atoms with Crippen molar-refractivity contribution in [3.63, 3.8) is 0 Å². The second-order valence-corrected chi connectivity index (χ2v) is 7.42. The Hall–Kier alpha value is -3.61. The molecule has 0 aliphatic carbocycles. The number of carbonyl (C=O) groups excluding carboxylic acids is 1. The van der Waals surface area contributed by atoms with Gasteiger partial charge in [-0.3, -0.25) is 9.78 Å². The Morgan fingerprint density at radius 2 is 1.55 bits per heavy atom. The van der Waals surface area contributed by atoms with Crippen LogP contribution >= 0.6 is 0 Å². The van der Waals surface area contributed by atoms with E-state index >= 15 is 0 Å². The first-order valence-corrected chi connectivity index (χ1v) is 9.76. The molecule has 2 heterocycles. The van der Waals surface area contributed by atoms with Gasteiger partial charge in [-0.25, -0.2) is 4.98 Å². The molecule has 31 heavy (non-hydrogen) atoms. The van der Waals surface area contributed by atoms with Gasteiger partial charge in [0, 0.05) is 17.3 Å². The predicted octanol–water partition coefficient (Wildman–Crippen LogP) is 4.20. The van der Waals surface area contributed by atoms with Crippen LogP contribution in [0.25, 0.3) is 11.3 Å². The van der Waals surface area contributed by atoms with Gasteiger partial charge < -0.3 is 20.7 Å². The van der Waals surface area contributed by atoms with Crippen molar-refractivity contribution in [3.8, 4) is 28.5 Å². The molecule has 4 N–H and O–H groups in total. The van der Waals surface area contributed by atoms with Crippen molar-refractivity contribution in [2.45, 2.75) is 41.5 Å². The Balaban J connectivity index is 0.000000285. The lowest BCUT2D eigenvalue weighted by molar-refractivity contribution is 0.100. The third-order valence-electron chi connectivity index (χ3n) is 5.38. The van der Waals surface area contributed by atoms with Gasteiger partial charge in [0.05, 0.1) is 24.2 Å². The molecule has 0 unspecified atom stereocenters. The smallest absolute Gasteiger partial charge is 0.249 e. The Morgan fingerprint density at radius 1 is 0.935 bits per heavy atom. The average molecular weight is 424 g/mol. The molecule has 0 spiro atoms. The third kappa shape index (κ3) is 4.94. The highest BCUT2D eigenvalue weighted by Crippen LogP contribution is 2.34. The van der Waals surface area contributed by atoms with Crippen molar-refractivity contribution in [1.82, 2.24) is 9.97 Å². The van der Waals surface area contributed by atoms with Gasteiger partial charge in [0.15, 0.2) is 0 Å². The minimum Gasteiger partial charge on any atom is -0.506 e. The number of aromatic hydroxyl groups is 2. The number of hydrogen-bond donors (Lipinski definition) is 3. The van der Waals surface area contributed by atoms with Crippen molar-refractivity contribution in [2.24, 2.45) is 5.73 Å². The third-order valence-corrected chi connectivity index (χ3v) is 5.38. The van der Waals surface area contributed by atoms with Gasteiger partial charge in [-0.1, -0.05) is 0 Å². The lowest BCUT2D eigenvalue weighted by atomic mass is 9.96. The van der Waals surface area contributed by atoms with E-state index in [1.807, 2.05) is 27.7 Å². The largest absolute Gasteiger partial charge is 0.506 e. The van der Waals surface area contributed by atoms with E-state index in [1.54, 1.807) is 45.4 Å². The van der Waals surface area contributed by atoms with Gasteiger partial charge in [-0.15, -0.1) is 0 Å². The molecule has 1 aromatic carbocycles. The van der Waals surface area contributed by atoms with E-state index in [-0.39, 0.29) is 5.75 Å². The molecular formula is C24H29N3O4. The number of pyridine rings is 2. The molecule has 0 fully saturated rings. The van der Waals surface area contributed by atoms with Crippen LogP contribution in [0.1, 0.15) is 44.0 Å². The number of rotatable bonds is 3. The Bertz CT molecular complexity index is 1110. The minimum absolute atomic E-state index is 0.166. The van der Waals surface area contributed by atoms with Crippen LogP contribution in [0.15, 0.2) is 24.4 Å². The SMILES string of the molecule is COc1ccc(C(N)=O)c(-c2nc(C)c(O)c(C)c2C)c1.Cc1cnc(C)c(O)c1C. The van der Waals surface area contributed by atoms with Crippen LogP contribution in [0.4, 0.5) is 0 Å². The van der Waals surface area contributed by atoms with E-state index in [0.717, 1.165) is 22.3 Å². The van der Waals surface area contributed by atoms with Crippen molar-refractivity contribution < 1.29 is 19.7 Å². The number of hydrogen-bond acceptors (Lipinski definition) is 6. The zero-order chi connectivity index (χ0) is 23.5. The first-order chi connectivity index (χ1) is 14.5. The van der Waals surface area contributed by atoms with Crippen molar-refractivity contribution >= 4 is 5.91 Å². The number of nitrogens with two attached hydrogens (primary N) is 1. The summed E-state index contributed by atoms with van der Waals surface area (Å²) >= 11 is 0. The Labute approximate surface area is 182 Å². The molecule has 0 saturated heterocycles. The van der Waals surface area contributed by atoms with Gasteiger partial charge >= 0.3 is 0 Å². The molecule has 0 radical (unpaired) electrons. The zero-order valence-corrected chi connectivity index (χ0v) is 19.0. The van der Waals surface area contributed by atoms with Crippen LogP contribution in [-0.4, -0.2) is 33.2 Å². The molecule has 0 bridgehead atoms. The highest BCUT2D eigenvalue weighted by atomic mass is 16.5. The number of aryl methyl sites for hydroxylation is 3. The van der Waals surface area contributed by atoms with Crippen LogP contribution in [0.2, 0.25) is 0 Å². The Morgan fingerprint density at radius 3 is 2.10 bits per heavy atom. The zero-order valence-electron chi connectivity index (χ0n) is 19.0. The highest BCUT2D eigenvalue weighted by Gasteiger charge is 2.18. The number of amides is 1. The first-order valence-electron chi connectivity index (χ1n) is 9.76. The predicted molar refractivity (Wildman–Crippen MR) is 121 cm³/mol. The summed E-state index contributed by atoms with van der Waals surface area (Å²) in [5.41, 5.74) is 11.7.